The zero-order chi connectivity index (χ0) is 22.2. The molecule has 2 aromatic carbocycles. The first-order valence-electron chi connectivity index (χ1n) is 10.4. The molecular weight excluding hydrogens is 412 g/mol. The van der Waals surface area contributed by atoms with Crippen LogP contribution in [-0.2, 0) is 9.59 Å². The number of rotatable bonds is 6. The van der Waals surface area contributed by atoms with Crippen molar-refractivity contribution in [3.63, 3.8) is 0 Å². The summed E-state index contributed by atoms with van der Waals surface area (Å²) in [4.78, 5) is 28.1. The van der Waals surface area contributed by atoms with Gasteiger partial charge in [0.15, 0.2) is 11.7 Å². The van der Waals surface area contributed by atoms with Gasteiger partial charge in [-0.25, -0.2) is 0 Å². The zero-order valence-corrected chi connectivity index (χ0v) is 18.7. The molecule has 1 fully saturated rings. The minimum Gasteiger partial charge on any atom is -0.483 e. The Hall–Kier alpha value is -3.13. The molecule has 0 aliphatic carbocycles. The van der Waals surface area contributed by atoms with E-state index in [1.807, 2.05) is 67.3 Å². The Bertz CT molecular complexity index is 925. The summed E-state index contributed by atoms with van der Waals surface area (Å²) in [6.07, 6.45) is 0.550. The molecule has 0 spiro atoms. The third-order valence-corrected chi connectivity index (χ3v) is 5.33. The van der Waals surface area contributed by atoms with Gasteiger partial charge >= 0.3 is 0 Å². The summed E-state index contributed by atoms with van der Waals surface area (Å²) in [7, 11) is 0. The van der Waals surface area contributed by atoms with Crippen molar-refractivity contribution in [3.05, 3.63) is 54.1 Å². The lowest BCUT2D eigenvalue weighted by atomic mass is 10.2. The monoisotopic (exact) mass is 440 g/mol. The zero-order valence-electron chi connectivity index (χ0n) is 17.9. The smallest absolute Gasteiger partial charge is 0.264 e. The number of hydrogen-bond donors (Lipinski definition) is 2. The first-order chi connectivity index (χ1) is 15.0. The molecule has 0 bridgehead atoms. The molecule has 7 nitrogen and oxygen atoms in total. The molecule has 0 atom stereocenters. The van der Waals surface area contributed by atoms with E-state index < -0.39 is 0 Å². The minimum absolute atomic E-state index is 0.113. The van der Waals surface area contributed by atoms with E-state index in [0.29, 0.717) is 12.2 Å². The van der Waals surface area contributed by atoms with Crippen LogP contribution >= 0.6 is 12.2 Å². The Morgan fingerprint density at radius 1 is 1.03 bits per heavy atom. The summed E-state index contributed by atoms with van der Waals surface area (Å²) in [5, 5.41) is 5.86. The van der Waals surface area contributed by atoms with Gasteiger partial charge in [-0.05, 0) is 55.0 Å². The second-order valence-corrected chi connectivity index (χ2v) is 7.73. The van der Waals surface area contributed by atoms with E-state index in [4.69, 9.17) is 17.0 Å². The number of benzene rings is 2. The van der Waals surface area contributed by atoms with Crippen molar-refractivity contribution in [2.45, 2.75) is 20.3 Å². The van der Waals surface area contributed by atoms with Crippen molar-refractivity contribution in [1.29, 1.82) is 0 Å². The Balaban J connectivity index is 1.44. The summed E-state index contributed by atoms with van der Waals surface area (Å²) in [5.41, 5.74) is 2.85. The van der Waals surface area contributed by atoms with E-state index >= 15 is 0 Å². The van der Waals surface area contributed by atoms with Crippen LogP contribution < -0.4 is 20.3 Å². The predicted molar refractivity (Wildman–Crippen MR) is 127 cm³/mol. The largest absolute Gasteiger partial charge is 0.483 e. The van der Waals surface area contributed by atoms with Crippen LogP contribution in [0.1, 0.15) is 18.9 Å². The number of carbonyl (C=O) groups is 2. The highest BCUT2D eigenvalue weighted by Gasteiger charge is 2.20. The number of nitrogens with zero attached hydrogens (tertiary/aromatic N) is 2. The molecule has 0 aromatic heterocycles. The van der Waals surface area contributed by atoms with Crippen molar-refractivity contribution in [2.75, 3.05) is 43.0 Å². The van der Waals surface area contributed by atoms with Crippen molar-refractivity contribution in [1.82, 2.24) is 10.2 Å². The van der Waals surface area contributed by atoms with Crippen LogP contribution in [0.2, 0.25) is 0 Å². The van der Waals surface area contributed by atoms with E-state index in [-0.39, 0.29) is 23.5 Å². The average Bonchev–Trinajstić information content (AvgIpc) is 2.78. The summed E-state index contributed by atoms with van der Waals surface area (Å²) in [6, 6.07) is 15.4. The highest BCUT2D eigenvalue weighted by Crippen LogP contribution is 2.20. The van der Waals surface area contributed by atoms with Gasteiger partial charge in [-0.1, -0.05) is 25.1 Å². The van der Waals surface area contributed by atoms with Gasteiger partial charge in [-0.15, -0.1) is 0 Å². The summed E-state index contributed by atoms with van der Waals surface area (Å²) in [6.45, 7) is 6.82. The maximum atomic E-state index is 12.1. The molecular formula is C23H28N4O3S. The number of amides is 2. The van der Waals surface area contributed by atoms with Crippen molar-refractivity contribution in [2.24, 2.45) is 0 Å². The molecule has 1 saturated heterocycles. The average molecular weight is 441 g/mol. The quantitative estimate of drug-likeness (QED) is 0.673. The number of nitrogens with one attached hydrogen (secondary N) is 2. The fourth-order valence-corrected chi connectivity index (χ4v) is 3.61. The topological polar surface area (TPSA) is 73.9 Å². The van der Waals surface area contributed by atoms with Gasteiger partial charge in [-0.3, -0.25) is 14.9 Å². The third-order valence-electron chi connectivity index (χ3n) is 5.13. The Labute approximate surface area is 188 Å². The van der Waals surface area contributed by atoms with E-state index in [9.17, 15) is 9.59 Å². The molecule has 2 amide bonds. The Morgan fingerprint density at radius 3 is 2.35 bits per heavy atom. The lowest BCUT2D eigenvalue weighted by Crippen LogP contribution is -2.48. The molecule has 1 aliphatic heterocycles. The van der Waals surface area contributed by atoms with Gasteiger partial charge in [-0.2, -0.15) is 0 Å². The Kier molecular flexibility index (Phi) is 7.83. The van der Waals surface area contributed by atoms with Gasteiger partial charge in [0.05, 0.1) is 0 Å². The van der Waals surface area contributed by atoms with Crippen LogP contribution in [0, 0.1) is 6.92 Å². The molecule has 1 aliphatic rings. The number of hydrogen-bond acceptors (Lipinski definition) is 5. The number of thiocarbonyl (C=S) groups is 1. The van der Waals surface area contributed by atoms with E-state index in [1.54, 1.807) is 0 Å². The molecule has 1 heterocycles. The highest BCUT2D eigenvalue weighted by molar-refractivity contribution is 7.80. The number of carbonyl (C=O) groups excluding carboxylic acids is 2. The maximum Gasteiger partial charge on any atom is 0.264 e. The molecule has 0 saturated carbocycles. The summed E-state index contributed by atoms with van der Waals surface area (Å²) < 4.78 is 5.53. The number of para-hydroxylation sites is 1. The number of ether oxygens (including phenoxy) is 1. The molecule has 2 aromatic rings. The van der Waals surface area contributed by atoms with E-state index in [0.717, 1.165) is 43.1 Å². The Morgan fingerprint density at radius 2 is 1.71 bits per heavy atom. The normalized spacial score (nSPS) is 13.5. The maximum absolute atomic E-state index is 12.1. The molecule has 164 valence electrons. The van der Waals surface area contributed by atoms with Crippen molar-refractivity contribution < 1.29 is 14.3 Å². The molecule has 31 heavy (non-hydrogen) atoms. The molecule has 2 N–H and O–H groups in total. The molecule has 8 heteroatoms. The van der Waals surface area contributed by atoms with Crippen molar-refractivity contribution in [3.8, 4) is 5.75 Å². The summed E-state index contributed by atoms with van der Waals surface area (Å²) >= 11 is 5.23. The second-order valence-electron chi connectivity index (χ2n) is 7.32. The SMILES string of the molecule is CCC(=O)N1CCN(c2ccc(NC(=S)NC(=O)COc3ccccc3C)cc2)CC1. The number of anilines is 2. The van der Waals surface area contributed by atoms with Crippen LogP contribution in [0.15, 0.2) is 48.5 Å². The third kappa shape index (κ3) is 6.42. The lowest BCUT2D eigenvalue weighted by Gasteiger charge is -2.36. The highest BCUT2D eigenvalue weighted by atomic mass is 32.1. The van der Waals surface area contributed by atoms with Crippen molar-refractivity contribution >= 4 is 40.5 Å². The van der Waals surface area contributed by atoms with Gasteiger partial charge in [0.1, 0.15) is 5.75 Å². The number of piperazine rings is 1. The predicted octanol–water partition coefficient (Wildman–Crippen LogP) is 2.95. The van der Waals surface area contributed by atoms with E-state index in [2.05, 4.69) is 15.5 Å². The van der Waals surface area contributed by atoms with Crippen LogP contribution in [0.25, 0.3) is 0 Å². The standard InChI is InChI=1S/C23H28N4O3S/c1-3-22(29)27-14-12-26(13-15-27)19-10-8-18(9-11-19)24-23(31)25-21(28)16-30-20-7-5-4-6-17(20)2/h4-11H,3,12-16H2,1-2H3,(H2,24,25,28,31). The minimum atomic E-state index is -0.322. The molecule has 3 rings (SSSR count). The first-order valence-corrected chi connectivity index (χ1v) is 10.8. The van der Waals surface area contributed by atoms with Gasteiger partial charge in [0.25, 0.3) is 5.91 Å². The van der Waals surface area contributed by atoms with Gasteiger partial charge < -0.3 is 19.9 Å². The fourth-order valence-electron chi connectivity index (χ4n) is 3.38. The molecule has 0 radical (unpaired) electrons. The fraction of sp³-hybridized carbons (Fsp3) is 0.348. The molecule has 0 unspecified atom stereocenters. The van der Waals surface area contributed by atoms with Crippen LogP contribution in [0.4, 0.5) is 11.4 Å². The van der Waals surface area contributed by atoms with Crippen LogP contribution in [0.3, 0.4) is 0 Å². The van der Waals surface area contributed by atoms with Gasteiger partial charge in [0, 0.05) is 44.0 Å². The van der Waals surface area contributed by atoms with Crippen LogP contribution in [-0.4, -0.2) is 54.6 Å². The summed E-state index contributed by atoms with van der Waals surface area (Å²) in [5.74, 6) is 0.558. The first kappa shape index (κ1) is 22.6. The van der Waals surface area contributed by atoms with Crippen LogP contribution in [0.5, 0.6) is 5.75 Å². The van der Waals surface area contributed by atoms with Gasteiger partial charge in [0.2, 0.25) is 5.91 Å². The number of aryl methyl sites for hydroxylation is 1. The van der Waals surface area contributed by atoms with E-state index in [1.165, 1.54) is 0 Å². The lowest BCUT2D eigenvalue weighted by molar-refractivity contribution is -0.131. The second kappa shape index (κ2) is 10.8.